The summed E-state index contributed by atoms with van der Waals surface area (Å²) >= 11 is 0. The molecule has 0 bridgehead atoms. The van der Waals surface area contributed by atoms with Gasteiger partial charge in [0.25, 0.3) is 0 Å². The maximum absolute atomic E-state index is 13.5. The SMILES string of the molecule is CCN(CC1CC1)c1cccc(F)c1CO. The third kappa shape index (κ3) is 2.35. The summed E-state index contributed by atoms with van der Waals surface area (Å²) in [5.74, 6) is 0.448. The molecular formula is C13H18FNO. The Balaban J connectivity index is 2.24. The zero-order valence-corrected chi connectivity index (χ0v) is 9.62. The summed E-state index contributed by atoms with van der Waals surface area (Å²) < 4.78 is 13.5. The number of anilines is 1. The third-order valence-corrected chi connectivity index (χ3v) is 3.15. The predicted molar refractivity (Wildman–Crippen MR) is 62.9 cm³/mol. The molecule has 16 heavy (non-hydrogen) atoms. The molecule has 0 atom stereocenters. The number of nitrogens with zero attached hydrogens (tertiary/aromatic N) is 1. The minimum Gasteiger partial charge on any atom is -0.391 e. The molecular weight excluding hydrogens is 205 g/mol. The fourth-order valence-corrected chi connectivity index (χ4v) is 2.01. The lowest BCUT2D eigenvalue weighted by Crippen LogP contribution is -2.26. The summed E-state index contributed by atoms with van der Waals surface area (Å²) in [6, 6.07) is 5.00. The first kappa shape index (κ1) is 11.4. The summed E-state index contributed by atoms with van der Waals surface area (Å²) in [7, 11) is 0. The second-order valence-electron chi connectivity index (χ2n) is 4.38. The van der Waals surface area contributed by atoms with Crippen molar-refractivity contribution in [3.8, 4) is 0 Å². The van der Waals surface area contributed by atoms with Gasteiger partial charge < -0.3 is 10.0 Å². The van der Waals surface area contributed by atoms with Crippen LogP contribution in [0.1, 0.15) is 25.3 Å². The summed E-state index contributed by atoms with van der Waals surface area (Å²) in [5, 5.41) is 9.23. The molecule has 0 aromatic heterocycles. The van der Waals surface area contributed by atoms with E-state index in [-0.39, 0.29) is 12.4 Å². The average molecular weight is 223 g/mol. The van der Waals surface area contributed by atoms with E-state index in [2.05, 4.69) is 11.8 Å². The molecule has 0 spiro atoms. The van der Waals surface area contributed by atoms with Crippen LogP contribution in [0.3, 0.4) is 0 Å². The molecule has 0 saturated heterocycles. The number of hydrogen-bond donors (Lipinski definition) is 1. The van der Waals surface area contributed by atoms with Gasteiger partial charge in [0.2, 0.25) is 0 Å². The smallest absolute Gasteiger partial charge is 0.130 e. The first-order valence-electron chi connectivity index (χ1n) is 5.89. The Morgan fingerprint density at radius 2 is 2.19 bits per heavy atom. The van der Waals surface area contributed by atoms with Gasteiger partial charge >= 0.3 is 0 Å². The van der Waals surface area contributed by atoms with E-state index in [4.69, 9.17) is 0 Å². The van der Waals surface area contributed by atoms with Crippen LogP contribution >= 0.6 is 0 Å². The van der Waals surface area contributed by atoms with E-state index in [1.54, 1.807) is 6.07 Å². The molecule has 1 aliphatic carbocycles. The van der Waals surface area contributed by atoms with Gasteiger partial charge in [-0.15, -0.1) is 0 Å². The van der Waals surface area contributed by atoms with E-state index in [1.807, 2.05) is 6.07 Å². The maximum Gasteiger partial charge on any atom is 0.130 e. The van der Waals surface area contributed by atoms with Gasteiger partial charge in [0.15, 0.2) is 0 Å². The lowest BCUT2D eigenvalue weighted by Gasteiger charge is -2.25. The highest BCUT2D eigenvalue weighted by atomic mass is 19.1. The minimum atomic E-state index is -0.311. The highest BCUT2D eigenvalue weighted by Crippen LogP contribution is 2.32. The molecule has 88 valence electrons. The van der Waals surface area contributed by atoms with Crippen molar-refractivity contribution in [3.63, 3.8) is 0 Å². The van der Waals surface area contributed by atoms with E-state index < -0.39 is 0 Å². The zero-order valence-electron chi connectivity index (χ0n) is 9.62. The molecule has 0 radical (unpaired) electrons. The van der Waals surface area contributed by atoms with Gasteiger partial charge in [-0.2, -0.15) is 0 Å². The third-order valence-electron chi connectivity index (χ3n) is 3.15. The van der Waals surface area contributed by atoms with Crippen molar-refractivity contribution in [2.24, 2.45) is 5.92 Å². The van der Waals surface area contributed by atoms with Gasteiger partial charge in [0, 0.05) is 24.3 Å². The summed E-state index contributed by atoms with van der Waals surface area (Å²) in [6.45, 7) is 3.66. The quantitative estimate of drug-likeness (QED) is 0.829. The van der Waals surface area contributed by atoms with Crippen molar-refractivity contribution in [1.29, 1.82) is 0 Å². The van der Waals surface area contributed by atoms with Crippen LogP contribution in [0.25, 0.3) is 0 Å². The molecule has 1 saturated carbocycles. The highest BCUT2D eigenvalue weighted by Gasteiger charge is 2.25. The molecule has 1 fully saturated rings. The molecule has 1 N–H and O–H groups in total. The monoisotopic (exact) mass is 223 g/mol. The Labute approximate surface area is 95.7 Å². The van der Waals surface area contributed by atoms with E-state index in [0.717, 1.165) is 24.7 Å². The molecule has 0 unspecified atom stereocenters. The molecule has 1 aliphatic rings. The van der Waals surface area contributed by atoms with Crippen LogP contribution in [0.4, 0.5) is 10.1 Å². The standard InChI is InChI=1S/C13H18FNO/c1-2-15(8-10-6-7-10)13-5-3-4-12(14)11(13)9-16/h3-5,10,16H,2,6-9H2,1H3. The molecule has 1 aromatic carbocycles. The summed E-state index contributed by atoms with van der Waals surface area (Å²) in [5.41, 5.74) is 1.27. The number of halogens is 1. The van der Waals surface area contributed by atoms with Gasteiger partial charge in [0.1, 0.15) is 5.82 Å². The van der Waals surface area contributed by atoms with Crippen molar-refractivity contribution in [3.05, 3.63) is 29.6 Å². The van der Waals surface area contributed by atoms with Crippen LogP contribution in [-0.4, -0.2) is 18.2 Å². The van der Waals surface area contributed by atoms with Crippen LogP contribution in [-0.2, 0) is 6.61 Å². The Kier molecular flexibility index (Phi) is 3.44. The Morgan fingerprint density at radius 3 is 2.75 bits per heavy atom. The second kappa shape index (κ2) is 4.83. The molecule has 0 aliphatic heterocycles. The summed E-state index contributed by atoms with van der Waals surface area (Å²) in [4.78, 5) is 2.16. The van der Waals surface area contributed by atoms with Gasteiger partial charge in [-0.3, -0.25) is 0 Å². The first-order valence-corrected chi connectivity index (χ1v) is 5.89. The zero-order chi connectivity index (χ0) is 11.5. The minimum absolute atomic E-state index is 0.233. The Morgan fingerprint density at radius 1 is 1.44 bits per heavy atom. The molecule has 2 nitrogen and oxygen atoms in total. The largest absolute Gasteiger partial charge is 0.391 e. The molecule has 2 rings (SSSR count). The summed E-state index contributed by atoms with van der Waals surface area (Å²) in [6.07, 6.45) is 2.56. The molecule has 3 heteroatoms. The fraction of sp³-hybridized carbons (Fsp3) is 0.538. The number of hydrogen-bond acceptors (Lipinski definition) is 2. The van der Waals surface area contributed by atoms with Gasteiger partial charge in [-0.05, 0) is 37.8 Å². The number of aliphatic hydroxyl groups excluding tert-OH is 1. The average Bonchev–Trinajstić information content (AvgIpc) is 3.09. The molecule has 0 heterocycles. The highest BCUT2D eigenvalue weighted by molar-refractivity contribution is 5.54. The van der Waals surface area contributed by atoms with Crippen LogP contribution in [0.15, 0.2) is 18.2 Å². The van der Waals surface area contributed by atoms with Crippen molar-refractivity contribution >= 4 is 5.69 Å². The maximum atomic E-state index is 13.5. The lowest BCUT2D eigenvalue weighted by molar-refractivity contribution is 0.276. The van der Waals surface area contributed by atoms with E-state index in [0.29, 0.717) is 5.56 Å². The van der Waals surface area contributed by atoms with E-state index in [9.17, 15) is 9.50 Å². The van der Waals surface area contributed by atoms with Gasteiger partial charge in [-0.1, -0.05) is 6.07 Å². The van der Waals surface area contributed by atoms with Gasteiger partial charge in [0.05, 0.1) is 6.61 Å². The van der Waals surface area contributed by atoms with Crippen LogP contribution in [0.5, 0.6) is 0 Å². The lowest BCUT2D eigenvalue weighted by atomic mass is 10.1. The Bertz CT molecular complexity index is 363. The molecule has 1 aromatic rings. The Hall–Kier alpha value is -1.09. The topological polar surface area (TPSA) is 23.5 Å². The van der Waals surface area contributed by atoms with Crippen LogP contribution in [0.2, 0.25) is 0 Å². The molecule has 0 amide bonds. The number of benzene rings is 1. The van der Waals surface area contributed by atoms with Crippen LogP contribution in [0, 0.1) is 11.7 Å². The van der Waals surface area contributed by atoms with E-state index in [1.165, 1.54) is 18.9 Å². The van der Waals surface area contributed by atoms with Gasteiger partial charge in [-0.25, -0.2) is 4.39 Å². The van der Waals surface area contributed by atoms with Crippen molar-refractivity contribution < 1.29 is 9.50 Å². The van der Waals surface area contributed by atoms with E-state index >= 15 is 0 Å². The fourth-order valence-electron chi connectivity index (χ4n) is 2.01. The number of aliphatic hydroxyl groups is 1. The first-order chi connectivity index (χ1) is 7.76. The second-order valence-corrected chi connectivity index (χ2v) is 4.38. The van der Waals surface area contributed by atoms with Crippen molar-refractivity contribution in [2.45, 2.75) is 26.4 Å². The van der Waals surface area contributed by atoms with Crippen molar-refractivity contribution in [1.82, 2.24) is 0 Å². The van der Waals surface area contributed by atoms with Crippen LogP contribution < -0.4 is 4.90 Å². The normalized spacial score (nSPS) is 15.2. The number of rotatable bonds is 5. The van der Waals surface area contributed by atoms with Crippen molar-refractivity contribution in [2.75, 3.05) is 18.0 Å². The predicted octanol–water partition coefficient (Wildman–Crippen LogP) is 2.55.